The van der Waals surface area contributed by atoms with E-state index in [0.717, 1.165) is 13.0 Å². The van der Waals surface area contributed by atoms with Crippen LogP contribution < -0.4 is 5.32 Å². The van der Waals surface area contributed by atoms with Gasteiger partial charge >= 0.3 is 0 Å². The van der Waals surface area contributed by atoms with Crippen molar-refractivity contribution in [3.8, 4) is 0 Å². The van der Waals surface area contributed by atoms with Crippen LogP contribution in [0.2, 0.25) is 0 Å². The average molecular weight is 229 g/mol. The first kappa shape index (κ1) is 13.9. The number of rotatable bonds is 6. The molecule has 3 unspecified atom stereocenters. The van der Waals surface area contributed by atoms with E-state index < -0.39 is 5.60 Å². The molecule has 1 rings (SSSR count). The van der Waals surface area contributed by atoms with Crippen molar-refractivity contribution < 1.29 is 10.2 Å². The Labute approximate surface area is 99.3 Å². The average Bonchev–Trinajstić information content (AvgIpc) is 2.64. The molecule has 0 aliphatic heterocycles. The highest BCUT2D eigenvalue weighted by Gasteiger charge is 2.28. The van der Waals surface area contributed by atoms with Gasteiger partial charge < -0.3 is 15.5 Å². The summed E-state index contributed by atoms with van der Waals surface area (Å²) >= 11 is 0. The molecule has 3 N–H and O–H groups in total. The molecule has 3 heteroatoms. The Hall–Kier alpha value is -0.120. The molecular weight excluding hydrogens is 202 g/mol. The Morgan fingerprint density at radius 3 is 2.50 bits per heavy atom. The van der Waals surface area contributed by atoms with Crippen LogP contribution in [-0.4, -0.2) is 35.5 Å². The Balaban J connectivity index is 2.25. The molecular formula is C13H27NO2. The van der Waals surface area contributed by atoms with Gasteiger partial charge in [-0.2, -0.15) is 0 Å². The lowest BCUT2D eigenvalue weighted by Crippen LogP contribution is -2.43. The molecule has 0 heterocycles. The molecule has 3 nitrogen and oxygen atoms in total. The predicted molar refractivity (Wildman–Crippen MR) is 66.2 cm³/mol. The van der Waals surface area contributed by atoms with Gasteiger partial charge in [-0.25, -0.2) is 0 Å². The highest BCUT2D eigenvalue weighted by molar-refractivity contribution is 4.82. The minimum absolute atomic E-state index is 0.261. The van der Waals surface area contributed by atoms with Crippen LogP contribution in [0.25, 0.3) is 0 Å². The smallest absolute Gasteiger partial charge is 0.0766 e. The van der Waals surface area contributed by atoms with Gasteiger partial charge in [0.2, 0.25) is 0 Å². The van der Waals surface area contributed by atoms with Crippen LogP contribution in [0.5, 0.6) is 0 Å². The van der Waals surface area contributed by atoms with Crippen LogP contribution in [0.4, 0.5) is 0 Å². The molecule has 16 heavy (non-hydrogen) atoms. The van der Waals surface area contributed by atoms with Crippen LogP contribution >= 0.6 is 0 Å². The van der Waals surface area contributed by atoms with Crippen molar-refractivity contribution in [3.63, 3.8) is 0 Å². The third-order valence-electron chi connectivity index (χ3n) is 4.18. The maximum absolute atomic E-state index is 10.1. The molecule has 0 saturated heterocycles. The topological polar surface area (TPSA) is 52.5 Å². The van der Waals surface area contributed by atoms with Crippen molar-refractivity contribution in [2.75, 3.05) is 19.7 Å². The van der Waals surface area contributed by atoms with Gasteiger partial charge in [-0.15, -0.1) is 0 Å². The standard InChI is InChI=1S/C13H27NO2/c1-10(2)13(3,16)9-14-7-11-5-4-6-12(11)8-15/h10-12,14-16H,4-9H2,1-3H3. The third kappa shape index (κ3) is 3.72. The number of nitrogens with one attached hydrogen (secondary N) is 1. The van der Waals surface area contributed by atoms with Gasteiger partial charge in [-0.1, -0.05) is 20.3 Å². The lowest BCUT2D eigenvalue weighted by atomic mass is 9.91. The molecule has 1 saturated carbocycles. The molecule has 0 aromatic heterocycles. The molecule has 0 aromatic carbocycles. The number of aliphatic hydroxyl groups is 2. The largest absolute Gasteiger partial charge is 0.396 e. The highest BCUT2D eigenvalue weighted by Crippen LogP contribution is 2.30. The molecule has 0 radical (unpaired) electrons. The van der Waals surface area contributed by atoms with E-state index in [-0.39, 0.29) is 5.92 Å². The summed E-state index contributed by atoms with van der Waals surface area (Å²) in [6, 6.07) is 0. The fourth-order valence-corrected chi connectivity index (χ4v) is 2.34. The third-order valence-corrected chi connectivity index (χ3v) is 4.18. The van der Waals surface area contributed by atoms with Crippen LogP contribution in [0.15, 0.2) is 0 Å². The molecule has 0 spiro atoms. The zero-order valence-electron chi connectivity index (χ0n) is 10.9. The first-order chi connectivity index (χ1) is 7.47. The Morgan fingerprint density at radius 2 is 1.94 bits per heavy atom. The van der Waals surface area contributed by atoms with Crippen molar-refractivity contribution >= 4 is 0 Å². The first-order valence-electron chi connectivity index (χ1n) is 6.51. The number of hydrogen-bond donors (Lipinski definition) is 3. The molecule has 1 aliphatic carbocycles. The van der Waals surface area contributed by atoms with E-state index in [1.807, 2.05) is 20.8 Å². The molecule has 0 bridgehead atoms. The van der Waals surface area contributed by atoms with E-state index in [9.17, 15) is 10.2 Å². The maximum Gasteiger partial charge on any atom is 0.0766 e. The predicted octanol–water partition coefficient (Wildman–Crippen LogP) is 1.39. The summed E-state index contributed by atoms with van der Waals surface area (Å²) in [5.74, 6) is 1.32. The van der Waals surface area contributed by atoms with Gasteiger partial charge in [0.1, 0.15) is 0 Å². The lowest BCUT2D eigenvalue weighted by Gasteiger charge is -2.29. The van der Waals surface area contributed by atoms with Crippen LogP contribution in [-0.2, 0) is 0 Å². The van der Waals surface area contributed by atoms with Crippen LogP contribution in [0.1, 0.15) is 40.0 Å². The van der Waals surface area contributed by atoms with Crippen molar-refractivity contribution in [1.82, 2.24) is 5.32 Å². The summed E-state index contributed by atoms with van der Waals surface area (Å²) in [5, 5.41) is 22.6. The van der Waals surface area contributed by atoms with Crippen molar-refractivity contribution in [2.45, 2.75) is 45.6 Å². The maximum atomic E-state index is 10.1. The Morgan fingerprint density at radius 1 is 1.31 bits per heavy atom. The second kappa shape index (κ2) is 5.99. The second-order valence-electron chi connectivity index (χ2n) is 5.78. The van der Waals surface area contributed by atoms with Gasteiger partial charge in [-0.05, 0) is 44.1 Å². The van der Waals surface area contributed by atoms with Crippen molar-refractivity contribution in [1.29, 1.82) is 0 Å². The fourth-order valence-electron chi connectivity index (χ4n) is 2.34. The van der Waals surface area contributed by atoms with Crippen LogP contribution in [0, 0.1) is 17.8 Å². The first-order valence-corrected chi connectivity index (χ1v) is 6.51. The van der Waals surface area contributed by atoms with Gasteiger partial charge in [0.15, 0.2) is 0 Å². The van der Waals surface area contributed by atoms with E-state index in [2.05, 4.69) is 5.32 Å². The molecule has 3 atom stereocenters. The summed E-state index contributed by atoms with van der Waals surface area (Å²) in [5.41, 5.74) is -0.632. The van der Waals surface area contributed by atoms with Crippen molar-refractivity contribution in [3.05, 3.63) is 0 Å². The minimum atomic E-state index is -0.632. The molecule has 1 aliphatic rings. The lowest BCUT2D eigenvalue weighted by molar-refractivity contribution is 0.0130. The summed E-state index contributed by atoms with van der Waals surface area (Å²) < 4.78 is 0. The normalized spacial score (nSPS) is 29.6. The Kier molecular flexibility index (Phi) is 5.22. The summed E-state index contributed by atoms with van der Waals surface area (Å²) in [6.07, 6.45) is 3.60. The second-order valence-corrected chi connectivity index (χ2v) is 5.78. The van der Waals surface area contributed by atoms with Crippen LogP contribution in [0.3, 0.4) is 0 Å². The molecule has 0 amide bonds. The minimum Gasteiger partial charge on any atom is -0.396 e. The molecule has 96 valence electrons. The fraction of sp³-hybridized carbons (Fsp3) is 1.00. The van der Waals surface area contributed by atoms with E-state index in [0.29, 0.717) is 25.0 Å². The van der Waals surface area contributed by atoms with E-state index >= 15 is 0 Å². The quantitative estimate of drug-likeness (QED) is 0.645. The zero-order chi connectivity index (χ0) is 12.2. The van der Waals surface area contributed by atoms with Gasteiger partial charge in [0.25, 0.3) is 0 Å². The summed E-state index contributed by atoms with van der Waals surface area (Å²) in [4.78, 5) is 0. The van der Waals surface area contributed by atoms with Gasteiger partial charge in [0.05, 0.1) is 5.60 Å². The molecule has 1 fully saturated rings. The zero-order valence-corrected chi connectivity index (χ0v) is 10.9. The van der Waals surface area contributed by atoms with E-state index in [4.69, 9.17) is 0 Å². The summed E-state index contributed by atoms with van der Waals surface area (Å²) in [7, 11) is 0. The SMILES string of the molecule is CC(C)C(C)(O)CNCC1CCCC1CO. The van der Waals surface area contributed by atoms with E-state index in [1.54, 1.807) is 0 Å². The van der Waals surface area contributed by atoms with E-state index in [1.165, 1.54) is 12.8 Å². The number of hydrogen-bond acceptors (Lipinski definition) is 3. The summed E-state index contributed by atoms with van der Waals surface area (Å²) in [6.45, 7) is 7.82. The number of aliphatic hydroxyl groups excluding tert-OH is 1. The van der Waals surface area contributed by atoms with Gasteiger partial charge in [0, 0.05) is 13.2 Å². The monoisotopic (exact) mass is 229 g/mol. The highest BCUT2D eigenvalue weighted by atomic mass is 16.3. The van der Waals surface area contributed by atoms with Crippen molar-refractivity contribution in [2.24, 2.45) is 17.8 Å². The van der Waals surface area contributed by atoms with Gasteiger partial charge in [-0.3, -0.25) is 0 Å². The Bertz CT molecular complexity index is 204. The molecule has 0 aromatic rings.